The van der Waals surface area contributed by atoms with Crippen LogP contribution < -0.4 is 14.2 Å². The number of carbonyl (C=O) groups is 1. The van der Waals surface area contributed by atoms with E-state index in [1.807, 2.05) is 56.3 Å². The second kappa shape index (κ2) is 5.66. The number of ketones is 1. The molecule has 0 radical (unpaired) electrons. The molecule has 4 nitrogen and oxygen atoms in total. The highest BCUT2D eigenvalue weighted by Gasteiger charge is 2.33. The molecule has 4 rings (SSSR count). The summed E-state index contributed by atoms with van der Waals surface area (Å²) in [4.78, 5) is 12.6. The lowest BCUT2D eigenvalue weighted by Crippen LogP contribution is -2.28. The first-order valence-corrected chi connectivity index (χ1v) is 8.36. The van der Waals surface area contributed by atoms with Crippen LogP contribution in [0.3, 0.4) is 0 Å². The van der Waals surface area contributed by atoms with Gasteiger partial charge in [0.1, 0.15) is 29.0 Å². The highest BCUT2D eigenvalue weighted by atomic mass is 16.5. The van der Waals surface area contributed by atoms with E-state index in [0.717, 1.165) is 22.6 Å². The topological polar surface area (TPSA) is 44.8 Å². The number of rotatable bonds is 2. The predicted octanol–water partition coefficient (Wildman–Crippen LogP) is 4.59. The Hall–Kier alpha value is -2.75. The van der Waals surface area contributed by atoms with Crippen LogP contribution in [0.25, 0.3) is 6.08 Å². The van der Waals surface area contributed by atoms with Crippen molar-refractivity contribution in [2.24, 2.45) is 0 Å². The number of Topliss-reactive ketones (excluding diaryl/α,β-unsaturated/α-hetero) is 1. The summed E-state index contributed by atoms with van der Waals surface area (Å²) in [7, 11) is 1.63. The molecule has 2 heterocycles. The minimum Gasteiger partial charge on any atom is -0.497 e. The SMILES string of the molecule is COc1ccc([C@H]2CC(=O)c3ccc4c(c3O2)C=CC(C)(C)O4)cc1. The van der Waals surface area contributed by atoms with E-state index in [-0.39, 0.29) is 17.5 Å². The largest absolute Gasteiger partial charge is 0.497 e. The second-order valence-corrected chi connectivity index (χ2v) is 6.90. The number of hydrogen-bond donors (Lipinski definition) is 0. The van der Waals surface area contributed by atoms with Crippen molar-refractivity contribution >= 4 is 11.9 Å². The van der Waals surface area contributed by atoms with Gasteiger partial charge < -0.3 is 14.2 Å². The van der Waals surface area contributed by atoms with Crippen molar-refractivity contribution in [3.63, 3.8) is 0 Å². The molecule has 1 atom stereocenters. The molecule has 0 saturated heterocycles. The van der Waals surface area contributed by atoms with Crippen molar-refractivity contribution in [1.29, 1.82) is 0 Å². The molecule has 0 aromatic heterocycles. The van der Waals surface area contributed by atoms with Crippen molar-refractivity contribution < 1.29 is 19.0 Å². The number of methoxy groups -OCH3 is 1. The number of hydrogen-bond acceptors (Lipinski definition) is 4. The maximum Gasteiger partial charge on any atom is 0.170 e. The van der Waals surface area contributed by atoms with Gasteiger partial charge in [0, 0.05) is 0 Å². The van der Waals surface area contributed by atoms with Gasteiger partial charge in [-0.25, -0.2) is 0 Å². The fraction of sp³-hybridized carbons (Fsp3) is 0.286. The summed E-state index contributed by atoms with van der Waals surface area (Å²) >= 11 is 0. The lowest BCUT2D eigenvalue weighted by atomic mass is 9.92. The molecule has 2 aromatic rings. The number of carbonyl (C=O) groups excluding carboxylic acids is 1. The smallest absolute Gasteiger partial charge is 0.170 e. The molecule has 0 spiro atoms. The van der Waals surface area contributed by atoms with Crippen LogP contribution in [0.1, 0.15) is 47.9 Å². The molecule has 0 aliphatic carbocycles. The van der Waals surface area contributed by atoms with E-state index in [9.17, 15) is 4.79 Å². The first-order valence-electron chi connectivity index (χ1n) is 8.36. The second-order valence-electron chi connectivity index (χ2n) is 6.90. The monoisotopic (exact) mass is 336 g/mol. The molecule has 0 amide bonds. The van der Waals surface area contributed by atoms with Crippen molar-refractivity contribution in [3.8, 4) is 17.2 Å². The molecule has 4 heteroatoms. The zero-order chi connectivity index (χ0) is 17.6. The molecule has 25 heavy (non-hydrogen) atoms. The third-order valence-electron chi connectivity index (χ3n) is 4.60. The number of benzene rings is 2. The Morgan fingerprint density at radius 2 is 1.88 bits per heavy atom. The molecule has 128 valence electrons. The van der Waals surface area contributed by atoms with Crippen LogP contribution in [-0.2, 0) is 0 Å². The molecule has 2 aliphatic heterocycles. The predicted molar refractivity (Wildman–Crippen MR) is 95.5 cm³/mol. The average Bonchev–Trinajstić information content (AvgIpc) is 2.60. The summed E-state index contributed by atoms with van der Waals surface area (Å²) in [6.07, 6.45) is 4.00. The van der Waals surface area contributed by atoms with Crippen LogP contribution in [0, 0.1) is 0 Å². The van der Waals surface area contributed by atoms with E-state index in [0.29, 0.717) is 17.7 Å². The van der Waals surface area contributed by atoms with Crippen LogP contribution in [0.2, 0.25) is 0 Å². The van der Waals surface area contributed by atoms with Crippen LogP contribution >= 0.6 is 0 Å². The molecule has 0 bridgehead atoms. The Kier molecular flexibility index (Phi) is 3.57. The molecular weight excluding hydrogens is 316 g/mol. The van der Waals surface area contributed by atoms with Crippen LogP contribution in [-0.4, -0.2) is 18.5 Å². The summed E-state index contributed by atoms with van der Waals surface area (Å²) in [5, 5.41) is 0. The number of fused-ring (bicyclic) bond motifs is 3. The lowest BCUT2D eigenvalue weighted by Gasteiger charge is -2.32. The zero-order valence-corrected chi connectivity index (χ0v) is 14.5. The fourth-order valence-electron chi connectivity index (χ4n) is 3.24. The lowest BCUT2D eigenvalue weighted by molar-refractivity contribution is 0.0846. The average molecular weight is 336 g/mol. The molecule has 0 saturated carbocycles. The van der Waals surface area contributed by atoms with E-state index >= 15 is 0 Å². The standard InChI is InChI=1S/C21H20O4/c1-21(2)11-10-16-18(25-21)9-8-15-17(22)12-19(24-20(15)16)13-4-6-14(23-3)7-5-13/h4-11,19H,12H2,1-3H3/t19-/m1/s1. The Labute approximate surface area is 147 Å². The minimum absolute atomic E-state index is 0.0862. The van der Waals surface area contributed by atoms with Gasteiger partial charge in [0.25, 0.3) is 0 Å². The molecule has 2 aliphatic rings. The maximum absolute atomic E-state index is 12.6. The molecule has 0 fully saturated rings. The number of ether oxygens (including phenoxy) is 3. The third-order valence-corrected chi connectivity index (χ3v) is 4.60. The normalized spacial score (nSPS) is 20.1. The highest BCUT2D eigenvalue weighted by Crippen LogP contribution is 2.44. The van der Waals surface area contributed by atoms with Gasteiger partial charge >= 0.3 is 0 Å². The van der Waals surface area contributed by atoms with Gasteiger partial charge in [-0.05, 0) is 55.8 Å². The fourth-order valence-corrected chi connectivity index (χ4v) is 3.24. The molecular formula is C21H20O4. The van der Waals surface area contributed by atoms with E-state index < -0.39 is 0 Å². The molecule has 2 aromatic carbocycles. The van der Waals surface area contributed by atoms with Gasteiger partial charge in [0.05, 0.1) is 24.7 Å². The van der Waals surface area contributed by atoms with Crippen LogP contribution in [0.5, 0.6) is 17.2 Å². The first kappa shape index (κ1) is 15.8. The molecule has 0 N–H and O–H groups in total. The van der Waals surface area contributed by atoms with Crippen molar-refractivity contribution in [1.82, 2.24) is 0 Å². The van der Waals surface area contributed by atoms with Gasteiger partial charge in [-0.15, -0.1) is 0 Å². The van der Waals surface area contributed by atoms with E-state index in [2.05, 4.69) is 0 Å². The van der Waals surface area contributed by atoms with Crippen molar-refractivity contribution in [2.45, 2.75) is 32.0 Å². The molecule has 0 unspecified atom stereocenters. The zero-order valence-electron chi connectivity index (χ0n) is 14.5. The Balaban J connectivity index is 1.73. The van der Waals surface area contributed by atoms with E-state index in [1.54, 1.807) is 13.2 Å². The minimum atomic E-state index is -0.366. The van der Waals surface area contributed by atoms with Gasteiger partial charge in [0.2, 0.25) is 0 Å². The van der Waals surface area contributed by atoms with Crippen molar-refractivity contribution in [3.05, 3.63) is 59.2 Å². The summed E-state index contributed by atoms with van der Waals surface area (Å²) in [6, 6.07) is 11.3. The van der Waals surface area contributed by atoms with Gasteiger partial charge in [-0.1, -0.05) is 12.1 Å². The van der Waals surface area contributed by atoms with Crippen LogP contribution in [0.15, 0.2) is 42.5 Å². The summed E-state index contributed by atoms with van der Waals surface area (Å²) in [5.74, 6) is 2.22. The summed E-state index contributed by atoms with van der Waals surface area (Å²) in [6.45, 7) is 4.00. The highest BCUT2D eigenvalue weighted by molar-refractivity contribution is 6.01. The van der Waals surface area contributed by atoms with Gasteiger partial charge in [-0.3, -0.25) is 4.79 Å². The Morgan fingerprint density at radius 3 is 2.60 bits per heavy atom. The quantitative estimate of drug-likeness (QED) is 0.805. The Morgan fingerprint density at radius 1 is 1.12 bits per heavy atom. The Bertz CT molecular complexity index is 862. The van der Waals surface area contributed by atoms with Crippen molar-refractivity contribution in [2.75, 3.05) is 7.11 Å². The first-order chi connectivity index (χ1) is 12.0. The summed E-state index contributed by atoms with van der Waals surface area (Å²) in [5.41, 5.74) is 2.05. The van der Waals surface area contributed by atoms with E-state index in [4.69, 9.17) is 14.2 Å². The van der Waals surface area contributed by atoms with Gasteiger partial charge in [0.15, 0.2) is 5.78 Å². The maximum atomic E-state index is 12.6. The van der Waals surface area contributed by atoms with Crippen LogP contribution in [0.4, 0.5) is 0 Å². The van der Waals surface area contributed by atoms with E-state index in [1.165, 1.54) is 0 Å². The third kappa shape index (κ3) is 2.78. The summed E-state index contributed by atoms with van der Waals surface area (Å²) < 4.78 is 17.4. The van der Waals surface area contributed by atoms with Gasteiger partial charge in [-0.2, -0.15) is 0 Å².